The summed E-state index contributed by atoms with van der Waals surface area (Å²) in [6.45, 7) is 0. The van der Waals surface area contributed by atoms with Gasteiger partial charge in [-0.3, -0.25) is 0 Å². The highest BCUT2D eigenvalue weighted by atomic mass is 16.1. The summed E-state index contributed by atoms with van der Waals surface area (Å²) in [6, 6.07) is 8.45. The van der Waals surface area contributed by atoms with E-state index < -0.39 is 0 Å². The molecule has 0 heterocycles. The Bertz CT molecular complexity index is 310. The summed E-state index contributed by atoms with van der Waals surface area (Å²) in [7, 11) is 1.85. The van der Waals surface area contributed by atoms with Crippen molar-refractivity contribution in [2.45, 2.75) is 18.9 Å². The van der Waals surface area contributed by atoms with Crippen LogP contribution in [0.5, 0.6) is 0 Å². The number of hydrogen-bond acceptors (Lipinski definition) is 2. The van der Waals surface area contributed by atoms with Crippen LogP contribution >= 0.6 is 0 Å². The standard InChI is InChI=1S/C12H15NO/c1-13-12(8-14)11-6-9-4-2-3-5-10(9)7-11/h2-5,8,11-13H,6-7H2,1H3/t12-/m1/s1. The molecule has 0 spiro atoms. The highest BCUT2D eigenvalue weighted by molar-refractivity contribution is 5.59. The van der Waals surface area contributed by atoms with Crippen molar-refractivity contribution >= 4 is 6.29 Å². The fourth-order valence-electron chi connectivity index (χ4n) is 2.26. The van der Waals surface area contributed by atoms with Crippen LogP contribution in [0.4, 0.5) is 0 Å². The second-order valence-corrected chi connectivity index (χ2v) is 3.89. The molecule has 0 amide bonds. The second kappa shape index (κ2) is 3.93. The van der Waals surface area contributed by atoms with Crippen molar-refractivity contribution in [3.63, 3.8) is 0 Å². The summed E-state index contributed by atoms with van der Waals surface area (Å²) in [5.74, 6) is 0.440. The lowest BCUT2D eigenvalue weighted by Gasteiger charge is -2.15. The van der Waals surface area contributed by atoms with Crippen LogP contribution in [0.3, 0.4) is 0 Å². The molecule has 0 radical (unpaired) electrons. The van der Waals surface area contributed by atoms with Gasteiger partial charge in [-0.1, -0.05) is 24.3 Å². The van der Waals surface area contributed by atoms with Crippen LogP contribution in [0, 0.1) is 5.92 Å². The van der Waals surface area contributed by atoms with E-state index in [4.69, 9.17) is 0 Å². The first-order chi connectivity index (χ1) is 6.85. The average Bonchev–Trinajstić information content (AvgIpc) is 2.63. The zero-order valence-electron chi connectivity index (χ0n) is 8.36. The molecule has 14 heavy (non-hydrogen) atoms. The first-order valence-corrected chi connectivity index (χ1v) is 5.04. The van der Waals surface area contributed by atoms with Crippen molar-refractivity contribution < 1.29 is 4.79 Å². The zero-order chi connectivity index (χ0) is 9.97. The minimum Gasteiger partial charge on any atom is -0.311 e. The predicted octanol–water partition coefficient (Wildman–Crippen LogP) is 1.19. The topological polar surface area (TPSA) is 29.1 Å². The Kier molecular flexibility index (Phi) is 2.64. The molecule has 0 aromatic heterocycles. The summed E-state index contributed by atoms with van der Waals surface area (Å²) in [5.41, 5.74) is 2.80. The monoisotopic (exact) mass is 189 g/mol. The second-order valence-electron chi connectivity index (χ2n) is 3.89. The maximum Gasteiger partial charge on any atom is 0.137 e. The molecule has 0 saturated heterocycles. The molecule has 1 aliphatic rings. The number of rotatable bonds is 3. The Hall–Kier alpha value is -1.15. The molecule has 0 aliphatic heterocycles. The number of carbonyl (C=O) groups is 1. The third-order valence-electron chi connectivity index (χ3n) is 3.07. The van der Waals surface area contributed by atoms with Crippen LogP contribution in [0.1, 0.15) is 11.1 Å². The van der Waals surface area contributed by atoms with E-state index in [9.17, 15) is 4.79 Å². The van der Waals surface area contributed by atoms with Crippen LogP contribution in [0.2, 0.25) is 0 Å². The van der Waals surface area contributed by atoms with E-state index in [2.05, 4.69) is 29.6 Å². The predicted molar refractivity (Wildman–Crippen MR) is 56.3 cm³/mol. The van der Waals surface area contributed by atoms with Gasteiger partial charge >= 0.3 is 0 Å². The SMILES string of the molecule is CN[C@H](C=O)C1Cc2ccccc2C1. The number of benzene rings is 1. The number of likely N-dealkylation sites (N-methyl/N-ethyl adjacent to an activating group) is 1. The van der Waals surface area contributed by atoms with E-state index in [0.29, 0.717) is 5.92 Å². The maximum absolute atomic E-state index is 10.8. The van der Waals surface area contributed by atoms with E-state index in [1.165, 1.54) is 11.1 Å². The molecule has 0 fully saturated rings. The molecule has 0 unspecified atom stereocenters. The van der Waals surface area contributed by atoms with Gasteiger partial charge < -0.3 is 10.1 Å². The third-order valence-corrected chi connectivity index (χ3v) is 3.07. The van der Waals surface area contributed by atoms with E-state index in [1.54, 1.807) is 0 Å². The minimum atomic E-state index is 0.00222. The van der Waals surface area contributed by atoms with Gasteiger partial charge in [-0.2, -0.15) is 0 Å². The lowest BCUT2D eigenvalue weighted by molar-refractivity contribution is -0.110. The fourth-order valence-corrected chi connectivity index (χ4v) is 2.26. The Labute approximate surface area is 84.3 Å². The molecule has 0 saturated carbocycles. The lowest BCUT2D eigenvalue weighted by atomic mass is 9.98. The van der Waals surface area contributed by atoms with E-state index >= 15 is 0 Å². The molecule has 1 aliphatic carbocycles. The molecule has 1 atom stereocenters. The number of nitrogens with one attached hydrogen (secondary N) is 1. The highest BCUT2D eigenvalue weighted by Gasteiger charge is 2.26. The summed E-state index contributed by atoms with van der Waals surface area (Å²) in [6.07, 6.45) is 3.08. The van der Waals surface area contributed by atoms with Crippen LogP contribution in [0.25, 0.3) is 0 Å². The molecule has 2 nitrogen and oxygen atoms in total. The molecule has 74 valence electrons. The number of hydrogen-bond donors (Lipinski definition) is 1. The van der Waals surface area contributed by atoms with Crippen LogP contribution in [-0.2, 0) is 17.6 Å². The summed E-state index contributed by atoms with van der Waals surface area (Å²) in [5, 5.41) is 3.06. The number of carbonyl (C=O) groups excluding carboxylic acids is 1. The van der Waals surface area contributed by atoms with Crippen LogP contribution < -0.4 is 5.32 Å². The third kappa shape index (κ3) is 1.58. The largest absolute Gasteiger partial charge is 0.311 e. The smallest absolute Gasteiger partial charge is 0.137 e. The van der Waals surface area contributed by atoms with Crippen LogP contribution in [0.15, 0.2) is 24.3 Å². The summed E-state index contributed by atoms with van der Waals surface area (Å²) in [4.78, 5) is 10.8. The van der Waals surface area contributed by atoms with Crippen molar-refractivity contribution in [2.75, 3.05) is 7.05 Å². The molecule has 1 aromatic rings. The van der Waals surface area contributed by atoms with Gasteiger partial charge in [-0.15, -0.1) is 0 Å². The van der Waals surface area contributed by atoms with Crippen molar-refractivity contribution in [2.24, 2.45) is 5.92 Å². The van der Waals surface area contributed by atoms with Gasteiger partial charge in [0.2, 0.25) is 0 Å². The molecule has 2 heteroatoms. The van der Waals surface area contributed by atoms with Gasteiger partial charge in [-0.25, -0.2) is 0 Å². The summed E-state index contributed by atoms with van der Waals surface area (Å²) < 4.78 is 0. The number of fused-ring (bicyclic) bond motifs is 1. The van der Waals surface area contributed by atoms with Gasteiger partial charge in [0, 0.05) is 0 Å². The fraction of sp³-hybridized carbons (Fsp3) is 0.417. The zero-order valence-corrected chi connectivity index (χ0v) is 8.36. The van der Waals surface area contributed by atoms with E-state index in [0.717, 1.165) is 19.1 Å². The number of aldehydes is 1. The Morgan fingerprint density at radius 3 is 2.36 bits per heavy atom. The van der Waals surface area contributed by atoms with Crippen molar-refractivity contribution in [3.05, 3.63) is 35.4 Å². The Morgan fingerprint density at radius 2 is 1.93 bits per heavy atom. The highest BCUT2D eigenvalue weighted by Crippen LogP contribution is 2.27. The van der Waals surface area contributed by atoms with E-state index in [1.807, 2.05) is 7.05 Å². The molecule has 1 N–H and O–H groups in total. The van der Waals surface area contributed by atoms with Gasteiger partial charge in [0.1, 0.15) is 6.29 Å². The molecule has 2 rings (SSSR count). The van der Waals surface area contributed by atoms with Crippen LogP contribution in [-0.4, -0.2) is 19.4 Å². The lowest BCUT2D eigenvalue weighted by Crippen LogP contribution is -2.35. The maximum atomic E-state index is 10.8. The normalized spacial score (nSPS) is 17.8. The van der Waals surface area contributed by atoms with Gasteiger partial charge in [0.25, 0.3) is 0 Å². The van der Waals surface area contributed by atoms with E-state index in [-0.39, 0.29) is 6.04 Å². The van der Waals surface area contributed by atoms with Gasteiger partial charge in [-0.05, 0) is 36.9 Å². The van der Waals surface area contributed by atoms with Gasteiger partial charge in [0.05, 0.1) is 6.04 Å². The molecule has 0 bridgehead atoms. The molecular formula is C12H15NO. The average molecular weight is 189 g/mol. The first kappa shape index (κ1) is 9.41. The minimum absolute atomic E-state index is 0.00222. The Balaban J connectivity index is 2.14. The quantitative estimate of drug-likeness (QED) is 0.724. The Morgan fingerprint density at radius 1 is 1.36 bits per heavy atom. The molecule has 1 aromatic carbocycles. The van der Waals surface area contributed by atoms with Crippen molar-refractivity contribution in [1.29, 1.82) is 0 Å². The first-order valence-electron chi connectivity index (χ1n) is 5.04. The molecular weight excluding hydrogens is 174 g/mol. The van der Waals surface area contributed by atoms with Crippen molar-refractivity contribution in [3.8, 4) is 0 Å². The summed E-state index contributed by atoms with van der Waals surface area (Å²) >= 11 is 0. The van der Waals surface area contributed by atoms with Gasteiger partial charge in [0.15, 0.2) is 0 Å². The van der Waals surface area contributed by atoms with Crippen molar-refractivity contribution in [1.82, 2.24) is 5.32 Å².